The van der Waals surface area contributed by atoms with Crippen molar-refractivity contribution in [2.24, 2.45) is 22.9 Å². The molecule has 0 spiro atoms. The Kier molecular flexibility index (Phi) is 50.8. The molecule has 15 heteroatoms. The SMILES string of the molecule is NCCN.NCCN.O=[N+]([O-])[O-].O=[N+]([O-])[O-].[Ni+2].c1ccncc1.c1ccncc1. The minimum absolute atomic E-state index is 0. The summed E-state index contributed by atoms with van der Waals surface area (Å²) < 4.78 is 0. The predicted molar refractivity (Wildman–Crippen MR) is 105 cm³/mol. The van der Waals surface area contributed by atoms with Crippen molar-refractivity contribution in [2.45, 2.75) is 0 Å². The van der Waals surface area contributed by atoms with Crippen LogP contribution in [-0.4, -0.2) is 46.3 Å². The zero-order valence-electron chi connectivity index (χ0n) is 15.5. The Morgan fingerprint density at radius 3 is 0.759 bits per heavy atom. The molecule has 2 aromatic heterocycles. The molecule has 0 aromatic carbocycles. The van der Waals surface area contributed by atoms with E-state index in [1.54, 1.807) is 24.8 Å². The van der Waals surface area contributed by atoms with Gasteiger partial charge in [0.1, 0.15) is 0 Å². The van der Waals surface area contributed by atoms with E-state index >= 15 is 0 Å². The molecule has 0 bridgehead atoms. The molecule has 0 fully saturated rings. The summed E-state index contributed by atoms with van der Waals surface area (Å²) in [7, 11) is 0. The van der Waals surface area contributed by atoms with E-state index in [1.165, 1.54) is 0 Å². The average Bonchev–Trinajstić information content (AvgIpc) is 2.70. The molecule has 0 aliphatic heterocycles. The van der Waals surface area contributed by atoms with Crippen LogP contribution in [0.25, 0.3) is 0 Å². The second kappa shape index (κ2) is 39.9. The van der Waals surface area contributed by atoms with E-state index in [2.05, 4.69) is 9.97 Å². The summed E-state index contributed by atoms with van der Waals surface area (Å²) in [5, 5.41) is 29.5. The van der Waals surface area contributed by atoms with Crippen LogP contribution < -0.4 is 22.9 Å². The van der Waals surface area contributed by atoms with Gasteiger partial charge in [0.25, 0.3) is 0 Å². The number of nitrogens with zero attached hydrogens (tertiary/aromatic N) is 4. The van der Waals surface area contributed by atoms with Crippen LogP contribution in [0.5, 0.6) is 0 Å². The van der Waals surface area contributed by atoms with E-state index in [4.69, 9.17) is 53.6 Å². The van der Waals surface area contributed by atoms with Crippen molar-refractivity contribution >= 4 is 0 Å². The van der Waals surface area contributed by atoms with E-state index in [-0.39, 0.29) is 16.5 Å². The van der Waals surface area contributed by atoms with Crippen LogP contribution in [0.15, 0.2) is 61.2 Å². The maximum Gasteiger partial charge on any atom is 2.00 e. The van der Waals surface area contributed by atoms with Crippen molar-refractivity contribution in [1.29, 1.82) is 0 Å². The molecule has 0 saturated heterocycles. The summed E-state index contributed by atoms with van der Waals surface area (Å²) in [5.41, 5.74) is 19.6. The van der Waals surface area contributed by atoms with Gasteiger partial charge in [-0.05, 0) is 24.3 Å². The normalized spacial score (nSPS) is 7.03. The number of rotatable bonds is 2. The maximum absolute atomic E-state index is 8.25. The van der Waals surface area contributed by atoms with Crippen LogP contribution in [0.2, 0.25) is 0 Å². The molecule has 0 saturated carbocycles. The Bertz CT molecular complexity index is 403. The second-order valence-electron chi connectivity index (χ2n) is 3.65. The Balaban J connectivity index is -0.0000000801. The van der Waals surface area contributed by atoms with Crippen molar-refractivity contribution in [3.8, 4) is 0 Å². The van der Waals surface area contributed by atoms with Crippen molar-refractivity contribution < 1.29 is 26.7 Å². The Morgan fingerprint density at radius 1 is 0.552 bits per heavy atom. The van der Waals surface area contributed by atoms with E-state index in [0.717, 1.165) is 0 Å². The molecule has 0 amide bonds. The third kappa shape index (κ3) is 109. The smallest absolute Gasteiger partial charge is 0.356 e. The van der Waals surface area contributed by atoms with Gasteiger partial charge in [0.15, 0.2) is 0 Å². The first kappa shape index (κ1) is 36.9. The fourth-order valence-corrected chi connectivity index (χ4v) is 0.625. The van der Waals surface area contributed by atoms with Crippen LogP contribution in [0, 0.1) is 30.6 Å². The minimum Gasteiger partial charge on any atom is -0.356 e. The summed E-state index contributed by atoms with van der Waals surface area (Å²) in [6, 6.07) is 11.4. The van der Waals surface area contributed by atoms with Gasteiger partial charge in [0.05, 0.1) is 10.2 Å². The average molecular weight is 461 g/mol. The van der Waals surface area contributed by atoms with Gasteiger partial charge in [-0.25, -0.2) is 0 Å². The van der Waals surface area contributed by atoms with Gasteiger partial charge in [-0.1, -0.05) is 12.1 Å². The summed E-state index contributed by atoms with van der Waals surface area (Å²) >= 11 is 0. The molecule has 0 atom stereocenters. The number of pyridine rings is 2. The quantitative estimate of drug-likeness (QED) is 0.250. The third-order valence-corrected chi connectivity index (χ3v) is 1.47. The molecule has 2 rings (SSSR count). The van der Waals surface area contributed by atoms with Gasteiger partial charge in [-0.15, -0.1) is 0 Å². The van der Waals surface area contributed by atoms with Crippen LogP contribution >= 0.6 is 0 Å². The first-order valence-corrected chi connectivity index (χ1v) is 7.43. The fourth-order valence-electron chi connectivity index (χ4n) is 0.625. The van der Waals surface area contributed by atoms with Crippen LogP contribution in [0.1, 0.15) is 0 Å². The molecule has 14 nitrogen and oxygen atoms in total. The standard InChI is InChI=1S/2C5H5N.2C2H8N2.2NO3.Ni/c2*1-2-4-6-5-3-1;2*3-1-2-4;2*2-1(3)4;/h2*1-5H;2*1-4H2;;;/q;;;;2*-1;+2. The molecule has 8 N–H and O–H groups in total. The maximum atomic E-state index is 8.25. The van der Waals surface area contributed by atoms with E-state index < -0.39 is 10.2 Å². The van der Waals surface area contributed by atoms with Gasteiger partial charge in [-0.2, -0.15) is 0 Å². The Labute approximate surface area is 178 Å². The number of hydrogen-bond acceptors (Lipinski definition) is 12. The van der Waals surface area contributed by atoms with Gasteiger partial charge in [0.2, 0.25) is 0 Å². The van der Waals surface area contributed by atoms with Crippen LogP contribution in [0.3, 0.4) is 0 Å². The van der Waals surface area contributed by atoms with Gasteiger partial charge >= 0.3 is 16.5 Å². The first-order valence-electron chi connectivity index (χ1n) is 7.43. The molecule has 0 aliphatic carbocycles. The summed E-state index contributed by atoms with van der Waals surface area (Å²) in [4.78, 5) is 24.1. The first-order chi connectivity index (χ1) is 13.3. The third-order valence-electron chi connectivity index (χ3n) is 1.47. The van der Waals surface area contributed by atoms with Crippen LogP contribution in [-0.2, 0) is 16.5 Å². The predicted octanol–water partition coefficient (Wildman–Crippen LogP) is -0.510. The second-order valence-corrected chi connectivity index (χ2v) is 3.65. The topological polar surface area (TPSA) is 262 Å². The fraction of sp³-hybridized carbons (Fsp3) is 0.286. The molecule has 0 aliphatic rings. The molecule has 0 radical (unpaired) electrons. The van der Waals surface area contributed by atoms with E-state index in [0.29, 0.717) is 26.2 Å². The largest absolute Gasteiger partial charge is 2.00 e. The minimum atomic E-state index is -1.75. The molecular formula is C14H26N8NiO6. The van der Waals surface area contributed by atoms with Crippen molar-refractivity contribution in [1.82, 2.24) is 9.97 Å². The van der Waals surface area contributed by atoms with E-state index in [1.807, 2.05) is 36.4 Å². The summed E-state index contributed by atoms with van der Waals surface area (Å²) in [6.07, 6.45) is 7.00. The zero-order chi connectivity index (χ0) is 22.5. The monoisotopic (exact) mass is 460 g/mol. The van der Waals surface area contributed by atoms with E-state index in [9.17, 15) is 0 Å². The van der Waals surface area contributed by atoms with Gasteiger partial charge in [0, 0.05) is 51.0 Å². The molecule has 0 unspecified atom stereocenters. The molecule has 2 aromatic rings. The summed E-state index contributed by atoms with van der Waals surface area (Å²) in [5.74, 6) is 0. The van der Waals surface area contributed by atoms with Gasteiger partial charge < -0.3 is 53.6 Å². The number of hydrogen-bond donors (Lipinski definition) is 4. The number of nitrogens with two attached hydrogens (primary N) is 4. The molecule has 29 heavy (non-hydrogen) atoms. The number of aromatic nitrogens is 2. The van der Waals surface area contributed by atoms with Crippen molar-refractivity contribution in [3.05, 3.63) is 91.8 Å². The van der Waals surface area contributed by atoms with Crippen molar-refractivity contribution in [3.63, 3.8) is 0 Å². The molecular weight excluding hydrogens is 435 g/mol. The van der Waals surface area contributed by atoms with Crippen molar-refractivity contribution in [2.75, 3.05) is 26.2 Å². The van der Waals surface area contributed by atoms with Gasteiger partial charge in [-0.3, -0.25) is 9.97 Å². The molecule has 2 heterocycles. The van der Waals surface area contributed by atoms with Crippen LogP contribution in [0.4, 0.5) is 0 Å². The molecule has 168 valence electrons. The zero-order valence-corrected chi connectivity index (χ0v) is 16.5. The Morgan fingerprint density at radius 2 is 0.724 bits per heavy atom. The summed E-state index contributed by atoms with van der Waals surface area (Å²) in [6.45, 7) is 2.39. The Hall–Kier alpha value is -2.97.